The topological polar surface area (TPSA) is 49.2 Å². The predicted octanol–water partition coefficient (Wildman–Crippen LogP) is 2.93. The predicted molar refractivity (Wildman–Crippen MR) is 78.4 cm³/mol. The van der Waals surface area contributed by atoms with E-state index in [0.717, 1.165) is 28.6 Å². The minimum atomic E-state index is -0.472. The Labute approximate surface area is 117 Å². The lowest BCUT2D eigenvalue weighted by Crippen LogP contribution is -2.17. The van der Waals surface area contributed by atoms with Gasteiger partial charge in [-0.15, -0.1) is 11.3 Å². The van der Waals surface area contributed by atoms with Gasteiger partial charge in [0.2, 0.25) is 0 Å². The van der Waals surface area contributed by atoms with Crippen molar-refractivity contribution in [2.75, 3.05) is 11.9 Å². The van der Waals surface area contributed by atoms with Crippen LogP contribution in [0.2, 0.25) is 0 Å². The summed E-state index contributed by atoms with van der Waals surface area (Å²) in [6, 6.07) is 3.87. The highest BCUT2D eigenvalue weighted by Crippen LogP contribution is 2.19. The monoisotopic (exact) mass is 277 g/mol. The van der Waals surface area contributed by atoms with E-state index in [9.17, 15) is 5.11 Å². The van der Waals surface area contributed by atoms with Crippen LogP contribution < -0.4 is 4.90 Å². The first kappa shape index (κ1) is 14.0. The highest BCUT2D eigenvalue weighted by atomic mass is 32.1. The quantitative estimate of drug-likeness (QED) is 0.913. The SMILES string of the molecule is CC[C@@H](O)c1ccc(N(C)Cc2csc(C)n2)cn1. The molecule has 0 fully saturated rings. The van der Waals surface area contributed by atoms with Gasteiger partial charge >= 0.3 is 0 Å². The summed E-state index contributed by atoms with van der Waals surface area (Å²) in [5, 5.41) is 12.9. The van der Waals surface area contributed by atoms with Crippen LogP contribution in [-0.2, 0) is 6.54 Å². The zero-order valence-electron chi connectivity index (χ0n) is 11.5. The van der Waals surface area contributed by atoms with Crippen molar-refractivity contribution >= 4 is 17.0 Å². The normalized spacial score (nSPS) is 12.4. The van der Waals surface area contributed by atoms with Gasteiger partial charge in [0.05, 0.1) is 40.9 Å². The van der Waals surface area contributed by atoms with E-state index < -0.39 is 6.10 Å². The molecule has 2 aromatic rings. The molecule has 0 saturated carbocycles. The number of hydrogen-bond donors (Lipinski definition) is 1. The molecule has 0 bridgehead atoms. The van der Waals surface area contributed by atoms with E-state index in [4.69, 9.17) is 0 Å². The number of aliphatic hydroxyl groups is 1. The number of rotatable bonds is 5. The molecule has 2 aromatic heterocycles. The summed E-state index contributed by atoms with van der Waals surface area (Å²) in [5.41, 5.74) is 2.82. The minimum absolute atomic E-state index is 0.472. The fourth-order valence-electron chi connectivity index (χ4n) is 1.84. The van der Waals surface area contributed by atoms with Gasteiger partial charge in [-0.05, 0) is 25.5 Å². The largest absolute Gasteiger partial charge is 0.387 e. The van der Waals surface area contributed by atoms with Crippen LogP contribution in [0, 0.1) is 6.92 Å². The zero-order chi connectivity index (χ0) is 13.8. The average molecular weight is 277 g/mol. The zero-order valence-corrected chi connectivity index (χ0v) is 12.3. The molecule has 0 unspecified atom stereocenters. The molecule has 0 saturated heterocycles. The molecule has 102 valence electrons. The van der Waals surface area contributed by atoms with Gasteiger partial charge in [-0.1, -0.05) is 6.92 Å². The third-order valence-corrected chi connectivity index (χ3v) is 3.83. The molecule has 2 rings (SSSR count). The van der Waals surface area contributed by atoms with Crippen LogP contribution in [0.1, 0.15) is 35.8 Å². The second-order valence-corrected chi connectivity index (χ2v) is 5.64. The first-order chi connectivity index (χ1) is 9.10. The van der Waals surface area contributed by atoms with Crippen molar-refractivity contribution in [1.29, 1.82) is 0 Å². The average Bonchev–Trinajstić information content (AvgIpc) is 2.83. The lowest BCUT2D eigenvalue weighted by molar-refractivity contribution is 0.169. The fourth-order valence-corrected chi connectivity index (χ4v) is 2.45. The van der Waals surface area contributed by atoms with Gasteiger partial charge in [0.25, 0.3) is 0 Å². The van der Waals surface area contributed by atoms with Gasteiger partial charge in [0.1, 0.15) is 0 Å². The van der Waals surface area contributed by atoms with Crippen LogP contribution in [-0.4, -0.2) is 22.1 Å². The van der Waals surface area contributed by atoms with Crippen molar-refractivity contribution < 1.29 is 5.11 Å². The Morgan fingerprint density at radius 3 is 2.74 bits per heavy atom. The molecule has 2 heterocycles. The van der Waals surface area contributed by atoms with Gasteiger partial charge in [-0.25, -0.2) is 4.98 Å². The molecule has 19 heavy (non-hydrogen) atoms. The highest BCUT2D eigenvalue weighted by molar-refractivity contribution is 7.09. The molecule has 4 nitrogen and oxygen atoms in total. The maximum atomic E-state index is 9.71. The van der Waals surface area contributed by atoms with Gasteiger partial charge < -0.3 is 10.0 Å². The summed E-state index contributed by atoms with van der Waals surface area (Å²) in [4.78, 5) is 10.9. The van der Waals surface area contributed by atoms with Crippen LogP contribution in [0.3, 0.4) is 0 Å². The molecule has 0 aliphatic heterocycles. The summed E-state index contributed by atoms with van der Waals surface area (Å²) in [5.74, 6) is 0. The van der Waals surface area contributed by atoms with Crippen molar-refractivity contribution in [2.24, 2.45) is 0 Å². The maximum Gasteiger partial charge on any atom is 0.0957 e. The maximum absolute atomic E-state index is 9.71. The van der Waals surface area contributed by atoms with Gasteiger partial charge in [-0.2, -0.15) is 0 Å². The van der Waals surface area contributed by atoms with E-state index in [1.165, 1.54) is 0 Å². The number of anilines is 1. The lowest BCUT2D eigenvalue weighted by atomic mass is 10.2. The molecular formula is C14H19N3OS. The van der Waals surface area contributed by atoms with Crippen LogP contribution in [0.4, 0.5) is 5.69 Å². The molecular weight excluding hydrogens is 258 g/mol. The summed E-state index contributed by atoms with van der Waals surface area (Å²) in [6.07, 6.45) is 2.01. The molecule has 0 spiro atoms. The van der Waals surface area contributed by atoms with Gasteiger partial charge in [0.15, 0.2) is 0 Å². The van der Waals surface area contributed by atoms with Crippen LogP contribution in [0.25, 0.3) is 0 Å². The molecule has 1 N–H and O–H groups in total. The van der Waals surface area contributed by atoms with Crippen LogP contribution in [0.15, 0.2) is 23.7 Å². The molecule has 0 aliphatic rings. The number of pyridine rings is 1. The van der Waals surface area contributed by atoms with E-state index >= 15 is 0 Å². The molecule has 1 atom stereocenters. The summed E-state index contributed by atoms with van der Waals surface area (Å²) >= 11 is 1.66. The summed E-state index contributed by atoms with van der Waals surface area (Å²) in [6.45, 7) is 4.72. The van der Waals surface area contributed by atoms with E-state index in [2.05, 4.69) is 20.2 Å². The Balaban J connectivity index is 2.05. The number of thiazole rings is 1. The Bertz CT molecular complexity index is 524. The summed E-state index contributed by atoms with van der Waals surface area (Å²) < 4.78 is 0. The van der Waals surface area contributed by atoms with Crippen molar-refractivity contribution in [3.05, 3.63) is 40.1 Å². The highest BCUT2D eigenvalue weighted by Gasteiger charge is 2.08. The first-order valence-electron chi connectivity index (χ1n) is 6.36. The lowest BCUT2D eigenvalue weighted by Gasteiger charge is -2.18. The standard InChI is InChI=1S/C14H19N3OS/c1-4-14(18)13-6-5-12(7-15-13)17(3)8-11-9-19-10(2)16-11/h5-7,9,14,18H,4,8H2,1-3H3/t14-/m1/s1. The van der Waals surface area contributed by atoms with Crippen molar-refractivity contribution in [1.82, 2.24) is 9.97 Å². The van der Waals surface area contributed by atoms with Gasteiger partial charge in [-0.3, -0.25) is 4.98 Å². The number of aryl methyl sites for hydroxylation is 1. The molecule has 0 aliphatic carbocycles. The first-order valence-corrected chi connectivity index (χ1v) is 7.24. The van der Waals surface area contributed by atoms with E-state index in [1.807, 2.05) is 33.0 Å². The van der Waals surface area contributed by atoms with Gasteiger partial charge in [0, 0.05) is 12.4 Å². The Hall–Kier alpha value is -1.46. The van der Waals surface area contributed by atoms with E-state index in [1.54, 1.807) is 17.5 Å². The number of aromatic nitrogens is 2. The van der Waals surface area contributed by atoms with Crippen molar-refractivity contribution in [2.45, 2.75) is 32.9 Å². The second kappa shape index (κ2) is 6.12. The number of aliphatic hydroxyl groups excluding tert-OH is 1. The molecule has 5 heteroatoms. The Morgan fingerprint density at radius 2 is 2.21 bits per heavy atom. The number of nitrogens with zero attached hydrogens (tertiary/aromatic N) is 3. The Morgan fingerprint density at radius 1 is 1.42 bits per heavy atom. The summed E-state index contributed by atoms with van der Waals surface area (Å²) in [7, 11) is 2.02. The smallest absolute Gasteiger partial charge is 0.0957 e. The molecule has 0 amide bonds. The van der Waals surface area contributed by atoms with Crippen molar-refractivity contribution in [3.8, 4) is 0 Å². The Kier molecular flexibility index (Phi) is 4.50. The van der Waals surface area contributed by atoms with Crippen LogP contribution in [0.5, 0.6) is 0 Å². The fraction of sp³-hybridized carbons (Fsp3) is 0.429. The molecule has 0 radical (unpaired) electrons. The molecule has 0 aromatic carbocycles. The van der Waals surface area contributed by atoms with Crippen molar-refractivity contribution in [3.63, 3.8) is 0 Å². The minimum Gasteiger partial charge on any atom is -0.387 e. The van der Waals surface area contributed by atoms with E-state index in [0.29, 0.717) is 6.42 Å². The second-order valence-electron chi connectivity index (χ2n) is 4.58. The van der Waals surface area contributed by atoms with Crippen LogP contribution >= 0.6 is 11.3 Å². The third kappa shape index (κ3) is 3.52. The van der Waals surface area contributed by atoms with E-state index in [-0.39, 0.29) is 0 Å². The number of hydrogen-bond acceptors (Lipinski definition) is 5. The third-order valence-electron chi connectivity index (χ3n) is 3.01.